The number of carbonyl (C=O) groups is 3. The van der Waals surface area contributed by atoms with Crippen LogP contribution in [-0.4, -0.2) is 32.7 Å². The quantitative estimate of drug-likeness (QED) is 0.821. The molecule has 1 fully saturated rings. The SMILES string of the molecule is O=C(O)CCn1nc(C2CCC(=O)NC2=O)c2ccccc21. The van der Waals surface area contributed by atoms with Gasteiger partial charge in [0.2, 0.25) is 11.8 Å². The molecule has 1 aromatic heterocycles. The molecule has 1 unspecified atom stereocenters. The van der Waals surface area contributed by atoms with E-state index in [-0.39, 0.29) is 31.2 Å². The van der Waals surface area contributed by atoms with E-state index in [1.807, 2.05) is 24.3 Å². The third kappa shape index (κ3) is 2.57. The highest BCUT2D eigenvalue weighted by Crippen LogP contribution is 2.30. The van der Waals surface area contributed by atoms with Gasteiger partial charge in [-0.2, -0.15) is 5.10 Å². The number of aliphatic carboxylic acids is 1. The van der Waals surface area contributed by atoms with Gasteiger partial charge < -0.3 is 5.11 Å². The standard InChI is InChI=1S/C15H15N3O4/c19-12-6-5-10(15(22)16-12)14-9-3-1-2-4-11(9)18(17-14)8-7-13(20)21/h1-4,10H,5-8H2,(H,20,21)(H,16,19,22). The van der Waals surface area contributed by atoms with Crippen molar-refractivity contribution in [2.24, 2.45) is 0 Å². The molecule has 0 spiro atoms. The fraction of sp³-hybridized carbons (Fsp3) is 0.333. The first-order valence-corrected chi connectivity index (χ1v) is 7.07. The number of para-hydroxylation sites is 1. The van der Waals surface area contributed by atoms with Crippen molar-refractivity contribution in [3.63, 3.8) is 0 Å². The zero-order valence-electron chi connectivity index (χ0n) is 11.8. The molecule has 2 N–H and O–H groups in total. The number of benzene rings is 1. The van der Waals surface area contributed by atoms with Crippen molar-refractivity contribution in [1.82, 2.24) is 15.1 Å². The van der Waals surface area contributed by atoms with E-state index < -0.39 is 11.9 Å². The smallest absolute Gasteiger partial charge is 0.305 e. The van der Waals surface area contributed by atoms with Crippen LogP contribution >= 0.6 is 0 Å². The molecular formula is C15H15N3O4. The molecule has 22 heavy (non-hydrogen) atoms. The molecule has 1 aliphatic rings. The number of nitrogens with one attached hydrogen (secondary N) is 1. The van der Waals surface area contributed by atoms with E-state index in [0.717, 1.165) is 10.9 Å². The average molecular weight is 301 g/mol. The van der Waals surface area contributed by atoms with Crippen LogP contribution in [-0.2, 0) is 20.9 Å². The van der Waals surface area contributed by atoms with Crippen LogP contribution in [0.3, 0.4) is 0 Å². The van der Waals surface area contributed by atoms with Gasteiger partial charge in [-0.1, -0.05) is 18.2 Å². The number of carboxylic acid groups (broad SMARTS) is 1. The van der Waals surface area contributed by atoms with Crippen LogP contribution in [0.2, 0.25) is 0 Å². The van der Waals surface area contributed by atoms with Crippen molar-refractivity contribution in [3.8, 4) is 0 Å². The maximum Gasteiger partial charge on any atom is 0.305 e. The topological polar surface area (TPSA) is 101 Å². The first-order valence-electron chi connectivity index (χ1n) is 7.07. The fourth-order valence-electron chi connectivity index (χ4n) is 2.74. The van der Waals surface area contributed by atoms with Crippen molar-refractivity contribution in [3.05, 3.63) is 30.0 Å². The maximum atomic E-state index is 12.0. The van der Waals surface area contributed by atoms with Gasteiger partial charge in [0.05, 0.1) is 30.1 Å². The monoisotopic (exact) mass is 301 g/mol. The first kappa shape index (κ1) is 14.2. The Balaban J connectivity index is 2.00. The second kappa shape index (κ2) is 5.59. The number of rotatable bonds is 4. The highest BCUT2D eigenvalue weighted by molar-refractivity contribution is 6.02. The normalized spacial score (nSPS) is 18.5. The molecule has 0 bridgehead atoms. The summed E-state index contributed by atoms with van der Waals surface area (Å²) in [5.41, 5.74) is 1.40. The van der Waals surface area contributed by atoms with Crippen LogP contribution in [0.15, 0.2) is 24.3 Å². The third-order valence-corrected chi connectivity index (χ3v) is 3.79. The van der Waals surface area contributed by atoms with Crippen LogP contribution in [0.4, 0.5) is 0 Å². The van der Waals surface area contributed by atoms with Gasteiger partial charge in [0.25, 0.3) is 0 Å². The molecule has 7 heteroatoms. The molecule has 0 radical (unpaired) electrons. The van der Waals surface area contributed by atoms with E-state index in [9.17, 15) is 14.4 Å². The fourth-order valence-corrected chi connectivity index (χ4v) is 2.74. The molecule has 114 valence electrons. The third-order valence-electron chi connectivity index (χ3n) is 3.79. The summed E-state index contributed by atoms with van der Waals surface area (Å²) in [7, 11) is 0. The number of aromatic nitrogens is 2. The van der Waals surface area contributed by atoms with E-state index in [0.29, 0.717) is 12.1 Å². The van der Waals surface area contributed by atoms with Crippen LogP contribution < -0.4 is 5.32 Å². The summed E-state index contributed by atoms with van der Waals surface area (Å²) in [6, 6.07) is 7.40. The summed E-state index contributed by atoms with van der Waals surface area (Å²) in [5, 5.41) is 16.4. The van der Waals surface area contributed by atoms with Crippen molar-refractivity contribution >= 4 is 28.7 Å². The Morgan fingerprint density at radius 1 is 1.36 bits per heavy atom. The van der Waals surface area contributed by atoms with Crippen molar-refractivity contribution < 1.29 is 19.5 Å². The number of piperidine rings is 1. The van der Waals surface area contributed by atoms with Gasteiger partial charge in [-0.05, 0) is 12.5 Å². The first-order chi connectivity index (χ1) is 10.6. The molecule has 7 nitrogen and oxygen atoms in total. The van der Waals surface area contributed by atoms with Gasteiger partial charge in [-0.3, -0.25) is 24.4 Å². The lowest BCUT2D eigenvalue weighted by Gasteiger charge is -2.19. The van der Waals surface area contributed by atoms with E-state index in [2.05, 4.69) is 10.4 Å². The predicted octanol–water partition coefficient (Wildman–Crippen LogP) is 1.03. The van der Waals surface area contributed by atoms with Crippen molar-refractivity contribution in [2.75, 3.05) is 0 Å². The second-order valence-corrected chi connectivity index (χ2v) is 5.27. The minimum Gasteiger partial charge on any atom is -0.481 e. The Kier molecular flexibility index (Phi) is 3.62. The van der Waals surface area contributed by atoms with Crippen molar-refractivity contribution in [1.29, 1.82) is 0 Å². The summed E-state index contributed by atoms with van der Waals surface area (Å²) in [6.45, 7) is 0.239. The Hall–Kier alpha value is -2.70. The molecular weight excluding hydrogens is 286 g/mol. The number of fused-ring (bicyclic) bond motifs is 1. The summed E-state index contributed by atoms with van der Waals surface area (Å²) in [5.74, 6) is -1.99. The van der Waals surface area contributed by atoms with Gasteiger partial charge in [0.15, 0.2) is 0 Å². The predicted molar refractivity (Wildman–Crippen MR) is 77.1 cm³/mol. The van der Waals surface area contributed by atoms with E-state index >= 15 is 0 Å². The molecule has 1 atom stereocenters. The number of nitrogens with zero attached hydrogens (tertiary/aromatic N) is 2. The summed E-state index contributed by atoms with van der Waals surface area (Å²) >= 11 is 0. The largest absolute Gasteiger partial charge is 0.481 e. The highest BCUT2D eigenvalue weighted by atomic mass is 16.4. The number of carboxylic acids is 1. The average Bonchev–Trinajstić information content (AvgIpc) is 2.84. The summed E-state index contributed by atoms with van der Waals surface area (Å²) in [4.78, 5) is 34.1. The molecule has 2 aromatic rings. The van der Waals surface area contributed by atoms with Gasteiger partial charge >= 0.3 is 5.97 Å². The Bertz CT molecular complexity index is 765. The number of aryl methyl sites for hydroxylation is 1. The lowest BCUT2D eigenvalue weighted by molar-refractivity contribution is -0.137. The molecule has 1 aromatic carbocycles. The summed E-state index contributed by atoms with van der Waals surface area (Å²) < 4.78 is 1.61. The summed E-state index contributed by atoms with van der Waals surface area (Å²) in [6.07, 6.45) is 0.664. The Morgan fingerprint density at radius 2 is 2.14 bits per heavy atom. The maximum absolute atomic E-state index is 12.0. The van der Waals surface area contributed by atoms with Gasteiger partial charge in [-0.15, -0.1) is 0 Å². The Morgan fingerprint density at radius 3 is 2.86 bits per heavy atom. The number of hydrogen-bond acceptors (Lipinski definition) is 4. The lowest BCUT2D eigenvalue weighted by Crippen LogP contribution is -2.39. The van der Waals surface area contributed by atoms with Crippen molar-refractivity contribution in [2.45, 2.75) is 31.7 Å². The van der Waals surface area contributed by atoms with Crippen LogP contribution in [0, 0.1) is 0 Å². The minimum absolute atomic E-state index is 0.0412. The van der Waals surface area contributed by atoms with Crippen LogP contribution in [0.25, 0.3) is 10.9 Å². The molecule has 1 saturated heterocycles. The zero-order valence-corrected chi connectivity index (χ0v) is 11.8. The molecule has 0 saturated carbocycles. The minimum atomic E-state index is -0.901. The zero-order chi connectivity index (χ0) is 15.7. The van der Waals surface area contributed by atoms with Gasteiger partial charge in [0, 0.05) is 11.8 Å². The Labute approximate surface area is 125 Å². The van der Waals surface area contributed by atoms with E-state index in [1.165, 1.54) is 0 Å². The van der Waals surface area contributed by atoms with Crippen LogP contribution in [0.5, 0.6) is 0 Å². The van der Waals surface area contributed by atoms with E-state index in [4.69, 9.17) is 5.11 Å². The number of imide groups is 1. The number of carbonyl (C=O) groups excluding carboxylic acids is 2. The van der Waals surface area contributed by atoms with Gasteiger partial charge in [0.1, 0.15) is 0 Å². The lowest BCUT2D eigenvalue weighted by atomic mass is 9.93. The number of hydrogen-bond donors (Lipinski definition) is 2. The van der Waals surface area contributed by atoms with E-state index in [1.54, 1.807) is 4.68 Å². The van der Waals surface area contributed by atoms with Crippen LogP contribution in [0.1, 0.15) is 30.9 Å². The van der Waals surface area contributed by atoms with Gasteiger partial charge in [-0.25, -0.2) is 0 Å². The second-order valence-electron chi connectivity index (χ2n) is 5.27. The molecule has 2 amide bonds. The highest BCUT2D eigenvalue weighted by Gasteiger charge is 2.31. The molecule has 1 aliphatic heterocycles. The molecule has 0 aliphatic carbocycles. The molecule has 3 rings (SSSR count). The number of amides is 2. The molecule has 2 heterocycles.